The predicted octanol–water partition coefficient (Wildman–Crippen LogP) is 3.44. The quantitative estimate of drug-likeness (QED) is 0.880. The molecule has 1 amide bonds. The summed E-state index contributed by atoms with van der Waals surface area (Å²) in [6.45, 7) is 2.11. The summed E-state index contributed by atoms with van der Waals surface area (Å²) in [7, 11) is 1.80. The molecular formula is C14H19ClN2O. The Bertz CT molecular complexity index is 453. The van der Waals surface area contributed by atoms with E-state index in [-0.39, 0.29) is 11.4 Å². The molecule has 0 saturated heterocycles. The van der Waals surface area contributed by atoms with Crippen molar-refractivity contribution in [1.82, 2.24) is 5.32 Å². The minimum absolute atomic E-state index is 0.0498. The van der Waals surface area contributed by atoms with Crippen LogP contribution in [0.4, 0.5) is 5.69 Å². The van der Waals surface area contributed by atoms with Crippen molar-refractivity contribution in [3.8, 4) is 0 Å². The van der Waals surface area contributed by atoms with E-state index in [4.69, 9.17) is 11.6 Å². The number of anilines is 1. The molecule has 3 nitrogen and oxygen atoms in total. The van der Waals surface area contributed by atoms with Crippen molar-refractivity contribution in [1.29, 1.82) is 0 Å². The molecular weight excluding hydrogens is 248 g/mol. The van der Waals surface area contributed by atoms with Gasteiger partial charge < -0.3 is 10.6 Å². The highest BCUT2D eigenvalue weighted by molar-refractivity contribution is 6.31. The first-order valence-electron chi connectivity index (χ1n) is 6.34. The maximum atomic E-state index is 12.3. The summed E-state index contributed by atoms with van der Waals surface area (Å²) in [6.07, 6.45) is 4.47. The van der Waals surface area contributed by atoms with Gasteiger partial charge in [-0.1, -0.05) is 24.4 Å². The van der Waals surface area contributed by atoms with Gasteiger partial charge in [0.1, 0.15) is 0 Å². The van der Waals surface area contributed by atoms with Crippen LogP contribution in [0.3, 0.4) is 0 Å². The van der Waals surface area contributed by atoms with Gasteiger partial charge in [0.15, 0.2) is 0 Å². The molecule has 0 aliphatic heterocycles. The second-order valence-corrected chi connectivity index (χ2v) is 5.60. The van der Waals surface area contributed by atoms with E-state index < -0.39 is 0 Å². The van der Waals surface area contributed by atoms with Gasteiger partial charge in [-0.25, -0.2) is 0 Å². The van der Waals surface area contributed by atoms with E-state index in [1.807, 2.05) is 6.07 Å². The summed E-state index contributed by atoms with van der Waals surface area (Å²) in [5, 5.41) is 6.74. The fraction of sp³-hybridized carbons (Fsp3) is 0.500. The summed E-state index contributed by atoms with van der Waals surface area (Å²) in [5.74, 6) is -0.0498. The van der Waals surface area contributed by atoms with Crippen LogP contribution >= 0.6 is 11.6 Å². The van der Waals surface area contributed by atoms with Crippen molar-refractivity contribution in [3.05, 3.63) is 28.8 Å². The van der Waals surface area contributed by atoms with Crippen molar-refractivity contribution >= 4 is 23.2 Å². The number of carbonyl (C=O) groups excluding carboxylic acids is 1. The molecule has 98 valence electrons. The molecule has 0 heterocycles. The second kappa shape index (κ2) is 5.19. The lowest BCUT2D eigenvalue weighted by Gasteiger charge is -2.25. The topological polar surface area (TPSA) is 41.1 Å². The zero-order valence-corrected chi connectivity index (χ0v) is 11.6. The number of carbonyl (C=O) groups is 1. The Morgan fingerprint density at radius 1 is 1.33 bits per heavy atom. The second-order valence-electron chi connectivity index (χ2n) is 5.16. The van der Waals surface area contributed by atoms with E-state index >= 15 is 0 Å². The van der Waals surface area contributed by atoms with Crippen molar-refractivity contribution in [3.63, 3.8) is 0 Å². The largest absolute Gasteiger partial charge is 0.387 e. The van der Waals surface area contributed by atoms with E-state index in [1.165, 1.54) is 12.8 Å². The van der Waals surface area contributed by atoms with E-state index in [0.29, 0.717) is 10.6 Å². The summed E-state index contributed by atoms with van der Waals surface area (Å²) in [4.78, 5) is 12.3. The molecule has 4 heteroatoms. The normalized spacial score (nSPS) is 17.5. The van der Waals surface area contributed by atoms with E-state index in [2.05, 4.69) is 17.6 Å². The fourth-order valence-corrected chi connectivity index (χ4v) is 2.72. The molecule has 18 heavy (non-hydrogen) atoms. The molecule has 0 radical (unpaired) electrons. The summed E-state index contributed by atoms with van der Waals surface area (Å²) in [5.41, 5.74) is 1.35. The van der Waals surface area contributed by atoms with Gasteiger partial charge in [-0.05, 0) is 38.0 Å². The van der Waals surface area contributed by atoms with Crippen molar-refractivity contribution in [2.24, 2.45) is 0 Å². The molecule has 0 aromatic heterocycles. The Kier molecular flexibility index (Phi) is 3.81. The molecule has 1 aromatic rings. The minimum Gasteiger partial charge on any atom is -0.387 e. The van der Waals surface area contributed by atoms with Gasteiger partial charge in [0.25, 0.3) is 5.91 Å². The first kappa shape index (κ1) is 13.2. The lowest BCUT2D eigenvalue weighted by atomic mass is 10.00. The van der Waals surface area contributed by atoms with Crippen LogP contribution in [-0.4, -0.2) is 18.5 Å². The number of rotatable bonds is 3. The summed E-state index contributed by atoms with van der Waals surface area (Å²) >= 11 is 5.96. The molecule has 1 aromatic carbocycles. The van der Waals surface area contributed by atoms with Crippen LogP contribution in [-0.2, 0) is 0 Å². The van der Waals surface area contributed by atoms with E-state index in [9.17, 15) is 4.79 Å². The van der Waals surface area contributed by atoms with Gasteiger partial charge in [-0.15, -0.1) is 0 Å². The van der Waals surface area contributed by atoms with E-state index in [0.717, 1.165) is 18.5 Å². The number of benzene rings is 1. The number of hydrogen-bond donors (Lipinski definition) is 2. The predicted molar refractivity (Wildman–Crippen MR) is 75.3 cm³/mol. The summed E-state index contributed by atoms with van der Waals surface area (Å²) in [6, 6.07) is 5.32. The number of nitrogens with one attached hydrogen (secondary N) is 2. The summed E-state index contributed by atoms with van der Waals surface area (Å²) < 4.78 is 0. The molecule has 0 bridgehead atoms. The first-order valence-corrected chi connectivity index (χ1v) is 6.72. The molecule has 2 N–H and O–H groups in total. The SMILES string of the molecule is CNc1ccc(Cl)cc1C(=O)NC1(C)CCCC1. The smallest absolute Gasteiger partial charge is 0.253 e. The van der Waals surface area contributed by atoms with Crippen LogP contribution < -0.4 is 10.6 Å². The first-order chi connectivity index (χ1) is 8.54. The maximum absolute atomic E-state index is 12.3. The molecule has 1 aliphatic carbocycles. The Morgan fingerprint density at radius 2 is 2.00 bits per heavy atom. The van der Waals surface area contributed by atoms with Crippen LogP contribution in [0.1, 0.15) is 43.0 Å². The molecule has 0 unspecified atom stereocenters. The van der Waals surface area contributed by atoms with Gasteiger partial charge in [0, 0.05) is 23.3 Å². The minimum atomic E-state index is -0.0651. The van der Waals surface area contributed by atoms with Crippen LogP contribution in [0.5, 0.6) is 0 Å². The lowest BCUT2D eigenvalue weighted by molar-refractivity contribution is 0.0909. The fourth-order valence-electron chi connectivity index (χ4n) is 2.54. The standard InChI is InChI=1S/C14H19ClN2O/c1-14(7-3-4-8-14)17-13(18)11-9-10(15)5-6-12(11)16-2/h5-6,9,16H,3-4,7-8H2,1-2H3,(H,17,18). The Hall–Kier alpha value is -1.22. The third kappa shape index (κ3) is 2.78. The molecule has 1 aliphatic rings. The highest BCUT2D eigenvalue weighted by Crippen LogP contribution is 2.30. The maximum Gasteiger partial charge on any atom is 0.253 e. The van der Waals surface area contributed by atoms with Crippen LogP contribution in [0, 0.1) is 0 Å². The number of halogens is 1. The van der Waals surface area contributed by atoms with Crippen LogP contribution in [0.25, 0.3) is 0 Å². The number of hydrogen-bond acceptors (Lipinski definition) is 2. The average Bonchev–Trinajstić information content (AvgIpc) is 2.75. The lowest BCUT2D eigenvalue weighted by Crippen LogP contribution is -2.43. The van der Waals surface area contributed by atoms with Gasteiger partial charge in [-0.2, -0.15) is 0 Å². The Labute approximate surface area is 113 Å². The van der Waals surface area contributed by atoms with Gasteiger partial charge in [-0.3, -0.25) is 4.79 Å². The Morgan fingerprint density at radius 3 is 2.61 bits per heavy atom. The molecule has 1 fully saturated rings. The highest BCUT2D eigenvalue weighted by atomic mass is 35.5. The van der Waals surface area contributed by atoms with Crippen molar-refractivity contribution < 1.29 is 4.79 Å². The van der Waals surface area contributed by atoms with Gasteiger partial charge in [0.05, 0.1) is 5.56 Å². The highest BCUT2D eigenvalue weighted by Gasteiger charge is 2.30. The van der Waals surface area contributed by atoms with Crippen LogP contribution in [0.2, 0.25) is 5.02 Å². The zero-order valence-electron chi connectivity index (χ0n) is 10.8. The molecule has 0 spiro atoms. The molecule has 1 saturated carbocycles. The van der Waals surface area contributed by atoms with Gasteiger partial charge >= 0.3 is 0 Å². The van der Waals surface area contributed by atoms with E-state index in [1.54, 1.807) is 19.2 Å². The number of amides is 1. The van der Waals surface area contributed by atoms with Crippen molar-refractivity contribution in [2.75, 3.05) is 12.4 Å². The average molecular weight is 267 g/mol. The molecule has 2 rings (SSSR count). The Balaban J connectivity index is 2.20. The third-order valence-corrected chi connectivity index (χ3v) is 3.85. The third-order valence-electron chi connectivity index (χ3n) is 3.62. The van der Waals surface area contributed by atoms with Gasteiger partial charge in [0.2, 0.25) is 0 Å². The zero-order chi connectivity index (χ0) is 13.2. The monoisotopic (exact) mass is 266 g/mol. The van der Waals surface area contributed by atoms with Crippen LogP contribution in [0.15, 0.2) is 18.2 Å². The van der Waals surface area contributed by atoms with Crippen molar-refractivity contribution in [2.45, 2.75) is 38.1 Å². The molecule has 0 atom stereocenters.